The van der Waals surface area contributed by atoms with Crippen LogP contribution in [0.2, 0.25) is 0 Å². The predicted octanol–water partition coefficient (Wildman–Crippen LogP) is 1.89. The van der Waals surface area contributed by atoms with Gasteiger partial charge in [0.1, 0.15) is 5.82 Å². The van der Waals surface area contributed by atoms with Crippen LogP contribution in [0.15, 0.2) is 30.3 Å². The van der Waals surface area contributed by atoms with Gasteiger partial charge in [0.15, 0.2) is 0 Å². The van der Waals surface area contributed by atoms with Gasteiger partial charge in [0.2, 0.25) is 15.2 Å². The Kier molecular flexibility index (Phi) is 5.47. The Morgan fingerprint density at radius 2 is 1.96 bits per heavy atom. The second-order valence-electron chi connectivity index (χ2n) is 6.21. The zero-order chi connectivity index (χ0) is 17.0. The van der Waals surface area contributed by atoms with Crippen LogP contribution in [0.25, 0.3) is 0 Å². The third-order valence-electron chi connectivity index (χ3n) is 4.18. The number of piperidine rings is 1. The van der Waals surface area contributed by atoms with Gasteiger partial charge in [0.05, 0.1) is 6.26 Å². The minimum Gasteiger partial charge on any atom is -0.347 e. The van der Waals surface area contributed by atoms with Gasteiger partial charge < -0.3 is 4.90 Å². The van der Waals surface area contributed by atoms with Crippen LogP contribution in [0.5, 0.6) is 0 Å². The minimum atomic E-state index is -3.10. The van der Waals surface area contributed by atoms with Gasteiger partial charge in [-0.25, -0.2) is 18.1 Å². The van der Waals surface area contributed by atoms with E-state index in [4.69, 9.17) is 0 Å². The summed E-state index contributed by atoms with van der Waals surface area (Å²) < 4.78 is 29.4. The molecule has 1 aliphatic heterocycles. The third kappa shape index (κ3) is 4.99. The van der Waals surface area contributed by atoms with Crippen LogP contribution in [0, 0.1) is 5.92 Å². The van der Waals surface area contributed by atoms with Crippen molar-refractivity contribution in [3.63, 3.8) is 0 Å². The Labute approximate surface area is 147 Å². The number of nitrogens with zero attached hydrogens (tertiary/aromatic N) is 3. The second-order valence-corrected chi connectivity index (χ2v) is 8.77. The minimum absolute atomic E-state index is 0.396. The van der Waals surface area contributed by atoms with Gasteiger partial charge in [0.25, 0.3) is 0 Å². The van der Waals surface area contributed by atoms with E-state index in [9.17, 15) is 8.42 Å². The summed E-state index contributed by atoms with van der Waals surface area (Å²) in [7, 11) is -3.10. The lowest BCUT2D eigenvalue weighted by atomic mass is 9.97. The summed E-state index contributed by atoms with van der Waals surface area (Å²) in [5.74, 6) is 1.26. The van der Waals surface area contributed by atoms with Gasteiger partial charge in [0, 0.05) is 37.6 Å². The highest BCUT2D eigenvalue weighted by molar-refractivity contribution is 7.88. The Bertz CT molecular complexity index is 753. The van der Waals surface area contributed by atoms with Gasteiger partial charge in [-0.05, 0) is 24.3 Å². The SMILES string of the molecule is CS(=O)(=O)NCC1CCN(c2nc(Cc3ccccc3)ns2)CC1. The standard InChI is InChI=1S/C16H22N4O2S2/c1-24(21,22)17-12-14-7-9-20(10-8-14)16-18-15(19-23-16)11-13-5-3-2-4-6-13/h2-6,14,17H,7-12H2,1H3. The number of sulfonamides is 1. The highest BCUT2D eigenvalue weighted by Gasteiger charge is 2.22. The molecule has 0 amide bonds. The van der Waals surface area contributed by atoms with Crippen molar-refractivity contribution < 1.29 is 8.42 Å². The fourth-order valence-corrected chi connectivity index (χ4v) is 4.10. The molecule has 0 unspecified atom stereocenters. The van der Waals surface area contributed by atoms with E-state index in [1.54, 1.807) is 0 Å². The van der Waals surface area contributed by atoms with Crippen molar-refractivity contribution in [1.82, 2.24) is 14.1 Å². The maximum atomic E-state index is 11.2. The van der Waals surface area contributed by atoms with Crippen molar-refractivity contribution in [3.8, 4) is 0 Å². The lowest BCUT2D eigenvalue weighted by molar-refractivity contribution is 0.402. The molecule has 1 fully saturated rings. The molecule has 8 heteroatoms. The van der Waals surface area contributed by atoms with E-state index in [1.165, 1.54) is 23.4 Å². The summed E-state index contributed by atoms with van der Waals surface area (Å²) in [5.41, 5.74) is 1.22. The van der Waals surface area contributed by atoms with E-state index >= 15 is 0 Å². The Hall–Kier alpha value is -1.51. The molecule has 1 aromatic heterocycles. The third-order valence-corrected chi connectivity index (χ3v) is 5.69. The van der Waals surface area contributed by atoms with Crippen LogP contribution < -0.4 is 9.62 Å². The lowest BCUT2D eigenvalue weighted by Gasteiger charge is -2.31. The van der Waals surface area contributed by atoms with Crippen molar-refractivity contribution in [2.24, 2.45) is 5.92 Å². The predicted molar refractivity (Wildman–Crippen MR) is 96.9 cm³/mol. The largest absolute Gasteiger partial charge is 0.347 e. The summed E-state index contributed by atoms with van der Waals surface area (Å²) >= 11 is 1.45. The number of benzene rings is 1. The fourth-order valence-electron chi connectivity index (χ4n) is 2.82. The van der Waals surface area contributed by atoms with E-state index in [2.05, 4.69) is 31.1 Å². The number of rotatable bonds is 6. The molecule has 0 bridgehead atoms. The van der Waals surface area contributed by atoms with Gasteiger partial charge in [-0.1, -0.05) is 30.3 Å². The van der Waals surface area contributed by atoms with Gasteiger partial charge in [-0.2, -0.15) is 4.37 Å². The number of hydrogen-bond donors (Lipinski definition) is 1. The highest BCUT2D eigenvalue weighted by atomic mass is 32.2. The van der Waals surface area contributed by atoms with Crippen LogP contribution in [-0.2, 0) is 16.4 Å². The Balaban J connectivity index is 1.52. The molecule has 1 aliphatic rings. The van der Waals surface area contributed by atoms with Crippen molar-refractivity contribution in [2.45, 2.75) is 19.3 Å². The molecule has 0 spiro atoms. The fraction of sp³-hybridized carbons (Fsp3) is 0.500. The molecule has 0 saturated carbocycles. The topological polar surface area (TPSA) is 75.2 Å². The first-order valence-corrected chi connectivity index (χ1v) is 10.7. The number of hydrogen-bond acceptors (Lipinski definition) is 6. The maximum Gasteiger partial charge on any atom is 0.208 e. The lowest BCUT2D eigenvalue weighted by Crippen LogP contribution is -2.38. The van der Waals surface area contributed by atoms with Crippen LogP contribution in [0.1, 0.15) is 24.2 Å². The van der Waals surface area contributed by atoms with Crippen LogP contribution in [0.4, 0.5) is 5.13 Å². The van der Waals surface area contributed by atoms with Gasteiger partial charge in [-0.3, -0.25) is 0 Å². The Morgan fingerprint density at radius 3 is 2.62 bits per heavy atom. The second kappa shape index (κ2) is 7.58. The highest BCUT2D eigenvalue weighted by Crippen LogP contribution is 2.25. The molecule has 1 saturated heterocycles. The quantitative estimate of drug-likeness (QED) is 0.845. The molecule has 6 nitrogen and oxygen atoms in total. The zero-order valence-corrected chi connectivity index (χ0v) is 15.3. The average Bonchev–Trinajstić information content (AvgIpc) is 3.02. The van der Waals surface area contributed by atoms with Gasteiger partial charge >= 0.3 is 0 Å². The molecule has 0 aliphatic carbocycles. The zero-order valence-electron chi connectivity index (χ0n) is 13.7. The number of nitrogens with one attached hydrogen (secondary N) is 1. The molecule has 1 aromatic carbocycles. The van der Waals surface area contributed by atoms with Crippen molar-refractivity contribution in [1.29, 1.82) is 0 Å². The van der Waals surface area contributed by atoms with E-state index in [-0.39, 0.29) is 0 Å². The van der Waals surface area contributed by atoms with Crippen LogP contribution in [-0.4, -0.2) is 43.7 Å². The van der Waals surface area contributed by atoms with Crippen LogP contribution >= 0.6 is 11.5 Å². The molecule has 2 heterocycles. The summed E-state index contributed by atoms with van der Waals surface area (Å²) in [6, 6.07) is 10.2. The molecule has 0 atom stereocenters. The normalized spacial score (nSPS) is 16.5. The van der Waals surface area contributed by atoms with Crippen molar-refractivity contribution in [2.75, 3.05) is 30.8 Å². The van der Waals surface area contributed by atoms with E-state index < -0.39 is 10.0 Å². The maximum absolute atomic E-state index is 11.2. The molecule has 24 heavy (non-hydrogen) atoms. The Morgan fingerprint density at radius 1 is 1.25 bits per heavy atom. The molecule has 0 radical (unpaired) electrons. The van der Waals surface area contributed by atoms with Crippen molar-refractivity contribution in [3.05, 3.63) is 41.7 Å². The van der Waals surface area contributed by atoms with Crippen molar-refractivity contribution >= 4 is 26.7 Å². The first kappa shape index (κ1) is 17.3. The van der Waals surface area contributed by atoms with Gasteiger partial charge in [-0.15, -0.1) is 0 Å². The molecular formula is C16H22N4O2S2. The summed E-state index contributed by atoms with van der Waals surface area (Å²) in [6.45, 7) is 2.33. The number of aromatic nitrogens is 2. The molecule has 2 aromatic rings. The first-order chi connectivity index (χ1) is 11.5. The van der Waals surface area contributed by atoms with Crippen LogP contribution in [0.3, 0.4) is 0 Å². The van der Waals surface area contributed by atoms with E-state index in [0.717, 1.165) is 43.3 Å². The smallest absolute Gasteiger partial charge is 0.208 e. The van der Waals surface area contributed by atoms with E-state index in [0.29, 0.717) is 12.5 Å². The summed E-state index contributed by atoms with van der Waals surface area (Å²) in [5, 5.41) is 0.968. The average molecular weight is 367 g/mol. The molecular weight excluding hydrogens is 344 g/mol. The summed E-state index contributed by atoms with van der Waals surface area (Å²) in [4.78, 5) is 6.91. The molecule has 1 N–H and O–H groups in total. The van der Waals surface area contributed by atoms with E-state index in [1.807, 2.05) is 18.2 Å². The molecule has 3 rings (SSSR count). The number of anilines is 1. The summed E-state index contributed by atoms with van der Waals surface area (Å²) in [6.07, 6.45) is 3.90. The monoisotopic (exact) mass is 366 g/mol. The molecule has 130 valence electrons. The first-order valence-electron chi connectivity index (χ1n) is 8.06.